The fourth-order valence-electron chi connectivity index (χ4n) is 2.08. The van der Waals surface area contributed by atoms with Crippen molar-refractivity contribution in [1.29, 1.82) is 0 Å². The first kappa shape index (κ1) is 18.4. The van der Waals surface area contributed by atoms with Gasteiger partial charge in [0.15, 0.2) is 5.11 Å². The predicted octanol–water partition coefficient (Wildman–Crippen LogP) is 3.36. The number of hydrogen-bond acceptors (Lipinski definition) is 4. The summed E-state index contributed by atoms with van der Waals surface area (Å²) >= 11 is 5.24. The first-order valence-electron chi connectivity index (χ1n) is 7.61. The van der Waals surface area contributed by atoms with E-state index in [-0.39, 0.29) is 5.91 Å². The maximum absolute atomic E-state index is 11.1. The summed E-state index contributed by atoms with van der Waals surface area (Å²) in [6, 6.07) is 14.9. The largest absolute Gasteiger partial charge is 0.497 e. The van der Waals surface area contributed by atoms with E-state index in [2.05, 4.69) is 21.2 Å². The van der Waals surface area contributed by atoms with Gasteiger partial charge in [0, 0.05) is 24.4 Å². The molecule has 0 fully saturated rings. The van der Waals surface area contributed by atoms with Crippen LogP contribution in [0.3, 0.4) is 0 Å². The Hall–Kier alpha value is -2.93. The quantitative estimate of drug-likeness (QED) is 0.435. The SMILES string of the molecule is COc1cccc(NC(=S)N/N=C(/C)c2cccc(NC(C)=O)c2)c1. The first-order valence-corrected chi connectivity index (χ1v) is 8.02. The van der Waals surface area contributed by atoms with Crippen molar-refractivity contribution >= 4 is 40.3 Å². The summed E-state index contributed by atoms with van der Waals surface area (Å²) in [6.45, 7) is 3.33. The van der Waals surface area contributed by atoms with Crippen molar-refractivity contribution in [2.75, 3.05) is 17.7 Å². The van der Waals surface area contributed by atoms with E-state index in [0.29, 0.717) is 5.11 Å². The van der Waals surface area contributed by atoms with Crippen LogP contribution < -0.4 is 20.8 Å². The highest BCUT2D eigenvalue weighted by Gasteiger charge is 2.02. The second kappa shape index (κ2) is 8.79. The summed E-state index contributed by atoms with van der Waals surface area (Å²) in [5.74, 6) is 0.621. The lowest BCUT2D eigenvalue weighted by Crippen LogP contribution is -2.25. The summed E-state index contributed by atoms with van der Waals surface area (Å²) < 4.78 is 5.17. The van der Waals surface area contributed by atoms with Gasteiger partial charge in [-0.2, -0.15) is 5.10 Å². The van der Waals surface area contributed by atoms with Gasteiger partial charge in [-0.25, -0.2) is 0 Å². The van der Waals surface area contributed by atoms with Crippen molar-refractivity contribution in [2.24, 2.45) is 5.10 Å². The minimum Gasteiger partial charge on any atom is -0.497 e. The second-order valence-corrected chi connectivity index (χ2v) is 5.67. The monoisotopic (exact) mass is 356 g/mol. The summed E-state index contributed by atoms with van der Waals surface area (Å²) in [4.78, 5) is 11.1. The van der Waals surface area contributed by atoms with Gasteiger partial charge in [-0.15, -0.1) is 0 Å². The third kappa shape index (κ3) is 5.89. The maximum atomic E-state index is 11.1. The number of carbonyl (C=O) groups is 1. The number of nitrogens with one attached hydrogen (secondary N) is 3. The van der Waals surface area contributed by atoms with Gasteiger partial charge in [0.05, 0.1) is 12.8 Å². The number of ether oxygens (including phenoxy) is 1. The third-order valence-corrected chi connectivity index (χ3v) is 3.45. The lowest BCUT2D eigenvalue weighted by molar-refractivity contribution is -0.114. The van der Waals surface area contributed by atoms with E-state index in [1.54, 1.807) is 7.11 Å². The fourth-order valence-corrected chi connectivity index (χ4v) is 2.25. The molecule has 1 amide bonds. The second-order valence-electron chi connectivity index (χ2n) is 5.26. The molecule has 0 aliphatic carbocycles. The third-order valence-electron chi connectivity index (χ3n) is 3.25. The van der Waals surface area contributed by atoms with Crippen LogP contribution in [-0.2, 0) is 4.79 Å². The van der Waals surface area contributed by atoms with Crippen LogP contribution in [0.25, 0.3) is 0 Å². The number of methoxy groups -OCH3 is 1. The van der Waals surface area contributed by atoms with Crippen molar-refractivity contribution in [3.8, 4) is 5.75 Å². The Morgan fingerprint density at radius 3 is 2.40 bits per heavy atom. The van der Waals surface area contributed by atoms with Gasteiger partial charge in [0.2, 0.25) is 5.91 Å². The number of benzene rings is 2. The normalized spacial score (nSPS) is 10.8. The molecule has 0 aliphatic heterocycles. The minimum absolute atomic E-state index is 0.117. The molecule has 0 atom stereocenters. The van der Waals surface area contributed by atoms with Gasteiger partial charge in [0.1, 0.15) is 5.75 Å². The highest BCUT2D eigenvalue weighted by molar-refractivity contribution is 7.80. The van der Waals surface area contributed by atoms with E-state index in [1.807, 2.05) is 55.5 Å². The number of amides is 1. The van der Waals surface area contributed by atoms with Crippen LogP contribution in [0.15, 0.2) is 53.6 Å². The molecule has 0 radical (unpaired) electrons. The van der Waals surface area contributed by atoms with Gasteiger partial charge in [-0.05, 0) is 49.0 Å². The van der Waals surface area contributed by atoms with Crippen LogP contribution in [0, 0.1) is 0 Å². The molecule has 2 aromatic rings. The molecule has 2 rings (SSSR count). The van der Waals surface area contributed by atoms with E-state index in [1.165, 1.54) is 6.92 Å². The number of thiocarbonyl (C=S) groups is 1. The van der Waals surface area contributed by atoms with E-state index in [4.69, 9.17) is 17.0 Å². The molecule has 0 heterocycles. The molecule has 0 unspecified atom stereocenters. The first-order chi connectivity index (χ1) is 12.0. The number of carbonyl (C=O) groups excluding carboxylic acids is 1. The number of anilines is 2. The zero-order valence-electron chi connectivity index (χ0n) is 14.3. The van der Waals surface area contributed by atoms with Crippen LogP contribution in [0.1, 0.15) is 19.4 Å². The Bertz CT molecular complexity index is 805. The van der Waals surface area contributed by atoms with Gasteiger partial charge in [0.25, 0.3) is 0 Å². The summed E-state index contributed by atoms with van der Waals surface area (Å²) in [7, 11) is 1.61. The highest BCUT2D eigenvalue weighted by atomic mass is 32.1. The zero-order valence-corrected chi connectivity index (χ0v) is 15.1. The van der Waals surface area contributed by atoms with Gasteiger partial charge in [-0.3, -0.25) is 10.2 Å². The molecule has 2 aromatic carbocycles. The number of hydrazone groups is 1. The topological polar surface area (TPSA) is 74.8 Å². The predicted molar refractivity (Wildman–Crippen MR) is 105 cm³/mol. The van der Waals surface area contributed by atoms with E-state index in [0.717, 1.165) is 28.4 Å². The zero-order chi connectivity index (χ0) is 18.2. The van der Waals surface area contributed by atoms with Crippen molar-refractivity contribution < 1.29 is 9.53 Å². The maximum Gasteiger partial charge on any atom is 0.221 e. The smallest absolute Gasteiger partial charge is 0.221 e. The molecule has 7 heteroatoms. The van der Waals surface area contributed by atoms with E-state index >= 15 is 0 Å². The molecular formula is C18H20N4O2S. The average molecular weight is 356 g/mol. The van der Waals surface area contributed by atoms with Crippen LogP contribution in [0.2, 0.25) is 0 Å². The molecule has 130 valence electrons. The summed E-state index contributed by atoms with van der Waals surface area (Å²) in [5.41, 5.74) is 5.95. The minimum atomic E-state index is -0.117. The van der Waals surface area contributed by atoms with Crippen molar-refractivity contribution in [3.05, 3.63) is 54.1 Å². The number of hydrogen-bond donors (Lipinski definition) is 3. The van der Waals surface area contributed by atoms with Crippen LogP contribution in [0.5, 0.6) is 5.75 Å². The molecule has 0 saturated carbocycles. The Morgan fingerprint density at radius 1 is 1.04 bits per heavy atom. The molecule has 0 aromatic heterocycles. The van der Waals surface area contributed by atoms with Crippen molar-refractivity contribution in [1.82, 2.24) is 5.43 Å². The van der Waals surface area contributed by atoms with Gasteiger partial charge < -0.3 is 15.4 Å². The van der Waals surface area contributed by atoms with Gasteiger partial charge >= 0.3 is 0 Å². The van der Waals surface area contributed by atoms with Crippen LogP contribution in [-0.4, -0.2) is 23.8 Å². The average Bonchev–Trinajstić information content (AvgIpc) is 2.59. The Kier molecular flexibility index (Phi) is 6.47. The Morgan fingerprint density at radius 2 is 1.72 bits per heavy atom. The molecule has 25 heavy (non-hydrogen) atoms. The van der Waals surface area contributed by atoms with Crippen molar-refractivity contribution in [2.45, 2.75) is 13.8 Å². The molecule has 0 aliphatic rings. The summed E-state index contributed by atoms with van der Waals surface area (Å²) in [5, 5.41) is 10.4. The molecule has 6 nitrogen and oxygen atoms in total. The van der Waals surface area contributed by atoms with Crippen molar-refractivity contribution in [3.63, 3.8) is 0 Å². The molecule has 3 N–H and O–H groups in total. The molecule has 0 bridgehead atoms. The fraction of sp³-hybridized carbons (Fsp3) is 0.167. The number of rotatable bonds is 5. The van der Waals surface area contributed by atoms with E-state index < -0.39 is 0 Å². The van der Waals surface area contributed by atoms with E-state index in [9.17, 15) is 4.79 Å². The lowest BCUT2D eigenvalue weighted by Gasteiger charge is -2.10. The highest BCUT2D eigenvalue weighted by Crippen LogP contribution is 2.16. The molecular weight excluding hydrogens is 336 g/mol. The number of nitrogens with zero attached hydrogens (tertiary/aromatic N) is 1. The van der Waals surface area contributed by atoms with Crippen LogP contribution in [0.4, 0.5) is 11.4 Å². The molecule has 0 spiro atoms. The van der Waals surface area contributed by atoms with Gasteiger partial charge in [-0.1, -0.05) is 18.2 Å². The molecule has 0 saturated heterocycles. The van der Waals surface area contributed by atoms with Crippen LogP contribution >= 0.6 is 12.2 Å². The Balaban J connectivity index is 2.00. The Labute approximate surface area is 152 Å². The lowest BCUT2D eigenvalue weighted by atomic mass is 10.1. The standard InChI is InChI=1S/C18H20N4O2S/c1-12(14-6-4-7-15(10-14)19-13(2)23)21-22-18(25)20-16-8-5-9-17(11-16)24-3/h4-11H,1-3H3,(H,19,23)(H2,20,22,25)/b21-12-. The summed E-state index contributed by atoms with van der Waals surface area (Å²) in [6.07, 6.45) is 0.